The van der Waals surface area contributed by atoms with Gasteiger partial charge < -0.3 is 15.6 Å². The molecule has 2 rings (SSSR count). The van der Waals surface area contributed by atoms with Crippen molar-refractivity contribution in [2.45, 2.75) is 31.8 Å². The zero-order valence-electron chi connectivity index (χ0n) is 10.9. The van der Waals surface area contributed by atoms with Crippen molar-refractivity contribution in [3.8, 4) is 5.75 Å². The van der Waals surface area contributed by atoms with E-state index in [1.807, 2.05) is 18.2 Å². The molecule has 0 unspecified atom stereocenters. The molecule has 1 aliphatic rings. The smallest absolute Gasteiger partial charge is 0.123 e. The molecule has 100 valence electrons. The number of rotatable bonds is 6. The topological polar surface area (TPSA) is 58.7 Å². The molecule has 0 amide bonds. The molecule has 0 radical (unpaired) electrons. The lowest BCUT2D eigenvalue weighted by atomic mass is 9.91. The van der Waals surface area contributed by atoms with Gasteiger partial charge in [-0.25, -0.2) is 0 Å². The van der Waals surface area contributed by atoms with Gasteiger partial charge in [-0.05, 0) is 31.0 Å². The quantitative estimate of drug-likeness (QED) is 0.753. The molecule has 0 spiro atoms. The van der Waals surface area contributed by atoms with Gasteiger partial charge in [-0.1, -0.05) is 6.42 Å². The number of ether oxygens (including phenoxy) is 1. The van der Waals surface area contributed by atoms with Crippen molar-refractivity contribution in [2.75, 3.05) is 26.0 Å². The number of hydrogen-bond donors (Lipinski definition) is 2. The van der Waals surface area contributed by atoms with Gasteiger partial charge in [-0.15, -0.1) is 0 Å². The van der Waals surface area contributed by atoms with E-state index in [4.69, 9.17) is 15.6 Å². The van der Waals surface area contributed by atoms with Crippen LogP contribution in [-0.4, -0.2) is 36.3 Å². The van der Waals surface area contributed by atoms with Gasteiger partial charge in [0.05, 0.1) is 13.7 Å². The third kappa shape index (κ3) is 2.94. The number of aliphatic hydroxyl groups is 1. The second kappa shape index (κ2) is 6.07. The Morgan fingerprint density at radius 2 is 2.22 bits per heavy atom. The van der Waals surface area contributed by atoms with E-state index >= 15 is 0 Å². The average molecular weight is 250 g/mol. The number of nitrogens with zero attached hydrogens (tertiary/aromatic N) is 1. The van der Waals surface area contributed by atoms with Crippen LogP contribution in [-0.2, 0) is 6.54 Å². The summed E-state index contributed by atoms with van der Waals surface area (Å²) in [7, 11) is 1.68. The van der Waals surface area contributed by atoms with Crippen LogP contribution in [0.3, 0.4) is 0 Å². The monoisotopic (exact) mass is 250 g/mol. The van der Waals surface area contributed by atoms with Crippen molar-refractivity contribution in [1.29, 1.82) is 0 Å². The predicted molar refractivity (Wildman–Crippen MR) is 72.5 cm³/mol. The maximum absolute atomic E-state index is 9.17. The lowest BCUT2D eigenvalue weighted by molar-refractivity contribution is 0.0937. The van der Waals surface area contributed by atoms with E-state index < -0.39 is 0 Å². The highest BCUT2D eigenvalue weighted by Crippen LogP contribution is 2.29. The van der Waals surface area contributed by atoms with E-state index in [-0.39, 0.29) is 6.61 Å². The van der Waals surface area contributed by atoms with Crippen LogP contribution in [0.15, 0.2) is 18.2 Å². The van der Waals surface area contributed by atoms with Gasteiger partial charge >= 0.3 is 0 Å². The molecule has 1 saturated carbocycles. The summed E-state index contributed by atoms with van der Waals surface area (Å²) in [6.07, 6.45) is 3.75. The minimum atomic E-state index is 0.196. The number of hydrogen-bond acceptors (Lipinski definition) is 4. The van der Waals surface area contributed by atoms with Crippen LogP contribution in [0.5, 0.6) is 5.75 Å². The van der Waals surface area contributed by atoms with Crippen molar-refractivity contribution in [2.24, 2.45) is 0 Å². The first-order chi connectivity index (χ1) is 8.74. The van der Waals surface area contributed by atoms with E-state index in [2.05, 4.69) is 4.90 Å². The van der Waals surface area contributed by atoms with Gasteiger partial charge in [-0.2, -0.15) is 0 Å². The van der Waals surface area contributed by atoms with Crippen LogP contribution < -0.4 is 10.5 Å². The van der Waals surface area contributed by atoms with Crippen molar-refractivity contribution < 1.29 is 9.84 Å². The van der Waals surface area contributed by atoms with Gasteiger partial charge in [0.25, 0.3) is 0 Å². The number of benzene rings is 1. The molecule has 1 aliphatic carbocycles. The van der Waals surface area contributed by atoms with Gasteiger partial charge in [0.1, 0.15) is 5.75 Å². The van der Waals surface area contributed by atoms with E-state index in [1.165, 1.54) is 19.3 Å². The Morgan fingerprint density at radius 1 is 1.44 bits per heavy atom. The second-order valence-corrected chi connectivity index (χ2v) is 4.85. The van der Waals surface area contributed by atoms with Crippen LogP contribution in [0.4, 0.5) is 5.69 Å². The SMILES string of the molecule is COc1ccc(N)cc1CN(CCO)C1CCC1. The van der Waals surface area contributed by atoms with Gasteiger partial charge in [0.2, 0.25) is 0 Å². The number of aliphatic hydroxyl groups excluding tert-OH is 1. The molecule has 18 heavy (non-hydrogen) atoms. The molecule has 3 N–H and O–H groups in total. The molecule has 0 aliphatic heterocycles. The molecule has 4 heteroatoms. The van der Waals surface area contributed by atoms with E-state index in [9.17, 15) is 0 Å². The van der Waals surface area contributed by atoms with Crippen LogP contribution in [0.25, 0.3) is 0 Å². The van der Waals surface area contributed by atoms with Crippen molar-refractivity contribution in [1.82, 2.24) is 4.90 Å². The first-order valence-electron chi connectivity index (χ1n) is 6.52. The van der Waals surface area contributed by atoms with Crippen LogP contribution >= 0.6 is 0 Å². The third-order valence-corrected chi connectivity index (χ3v) is 3.66. The molecule has 0 bridgehead atoms. The lowest BCUT2D eigenvalue weighted by Crippen LogP contribution is -2.41. The highest BCUT2D eigenvalue weighted by Gasteiger charge is 2.25. The minimum Gasteiger partial charge on any atom is -0.496 e. The Kier molecular flexibility index (Phi) is 4.44. The lowest BCUT2D eigenvalue weighted by Gasteiger charge is -2.37. The summed E-state index contributed by atoms with van der Waals surface area (Å²) in [5.41, 5.74) is 7.68. The highest BCUT2D eigenvalue weighted by molar-refractivity contribution is 5.47. The summed E-state index contributed by atoms with van der Waals surface area (Å²) in [6.45, 7) is 1.70. The maximum Gasteiger partial charge on any atom is 0.123 e. The summed E-state index contributed by atoms with van der Waals surface area (Å²) >= 11 is 0. The average Bonchev–Trinajstić information content (AvgIpc) is 2.27. The molecule has 1 aromatic carbocycles. The van der Waals surface area contributed by atoms with Gasteiger partial charge in [0, 0.05) is 30.4 Å². The number of methoxy groups -OCH3 is 1. The van der Waals surface area contributed by atoms with Crippen molar-refractivity contribution in [3.05, 3.63) is 23.8 Å². The largest absolute Gasteiger partial charge is 0.496 e. The normalized spacial score (nSPS) is 15.7. The Hall–Kier alpha value is -1.26. The fourth-order valence-corrected chi connectivity index (χ4v) is 2.41. The molecule has 1 aromatic rings. The zero-order valence-corrected chi connectivity index (χ0v) is 10.9. The summed E-state index contributed by atoms with van der Waals surface area (Å²) in [6, 6.07) is 6.32. The Labute approximate surface area is 108 Å². The maximum atomic E-state index is 9.17. The van der Waals surface area contributed by atoms with E-state index in [0.29, 0.717) is 12.6 Å². The standard InChI is InChI=1S/C14H22N2O2/c1-18-14-6-5-12(15)9-11(14)10-16(7-8-17)13-3-2-4-13/h5-6,9,13,17H,2-4,7-8,10,15H2,1H3. The molecular weight excluding hydrogens is 228 g/mol. The predicted octanol–water partition coefficient (Wildman–Crippen LogP) is 1.62. The molecule has 0 atom stereocenters. The molecule has 0 saturated heterocycles. The highest BCUT2D eigenvalue weighted by atomic mass is 16.5. The van der Waals surface area contributed by atoms with Crippen LogP contribution in [0.1, 0.15) is 24.8 Å². The van der Waals surface area contributed by atoms with Crippen molar-refractivity contribution in [3.63, 3.8) is 0 Å². The number of anilines is 1. The number of nitrogen functional groups attached to an aromatic ring is 1. The minimum absolute atomic E-state index is 0.196. The molecule has 0 heterocycles. The molecular formula is C14H22N2O2. The summed E-state index contributed by atoms with van der Waals surface area (Å²) in [5, 5.41) is 9.17. The first kappa shape index (κ1) is 13.2. The molecule has 0 aromatic heterocycles. The number of nitrogens with two attached hydrogens (primary N) is 1. The van der Waals surface area contributed by atoms with E-state index in [0.717, 1.165) is 23.5 Å². The fourth-order valence-electron chi connectivity index (χ4n) is 2.41. The molecule has 1 fully saturated rings. The first-order valence-corrected chi connectivity index (χ1v) is 6.52. The van der Waals surface area contributed by atoms with Gasteiger partial charge in [0.15, 0.2) is 0 Å². The van der Waals surface area contributed by atoms with Crippen molar-refractivity contribution >= 4 is 5.69 Å². The third-order valence-electron chi connectivity index (χ3n) is 3.66. The van der Waals surface area contributed by atoms with Crippen LogP contribution in [0.2, 0.25) is 0 Å². The fraction of sp³-hybridized carbons (Fsp3) is 0.571. The molecule has 4 nitrogen and oxygen atoms in total. The summed E-state index contributed by atoms with van der Waals surface area (Å²) < 4.78 is 5.37. The Balaban J connectivity index is 2.11. The van der Waals surface area contributed by atoms with Gasteiger partial charge in [-0.3, -0.25) is 4.90 Å². The van der Waals surface area contributed by atoms with Crippen LogP contribution in [0, 0.1) is 0 Å². The Bertz CT molecular complexity index is 391. The van der Waals surface area contributed by atoms with E-state index in [1.54, 1.807) is 7.11 Å². The summed E-state index contributed by atoms with van der Waals surface area (Å²) in [4.78, 5) is 2.32. The summed E-state index contributed by atoms with van der Waals surface area (Å²) in [5.74, 6) is 0.867. The Morgan fingerprint density at radius 3 is 2.78 bits per heavy atom. The second-order valence-electron chi connectivity index (χ2n) is 4.85. The zero-order chi connectivity index (χ0) is 13.0.